The molecule has 1 unspecified atom stereocenters. The highest BCUT2D eigenvalue weighted by molar-refractivity contribution is 5.89. The molecule has 0 spiro atoms. The van der Waals surface area contributed by atoms with Gasteiger partial charge in [-0.2, -0.15) is 0 Å². The van der Waals surface area contributed by atoms with E-state index in [1.807, 2.05) is 11.0 Å². The summed E-state index contributed by atoms with van der Waals surface area (Å²) in [5.41, 5.74) is 0.202. The summed E-state index contributed by atoms with van der Waals surface area (Å²) in [4.78, 5) is 27.6. The first-order valence-electron chi connectivity index (χ1n) is 13.0. The third kappa shape index (κ3) is 5.32. The van der Waals surface area contributed by atoms with Crippen LogP contribution in [0.5, 0.6) is 0 Å². The Morgan fingerprint density at radius 1 is 1.21 bits per heavy atom. The van der Waals surface area contributed by atoms with Crippen molar-refractivity contribution in [3.8, 4) is 0 Å². The lowest BCUT2D eigenvalue weighted by Crippen LogP contribution is -2.46. The van der Waals surface area contributed by atoms with Crippen LogP contribution in [0.1, 0.15) is 74.6 Å². The molecule has 38 heavy (non-hydrogen) atoms. The second kappa shape index (κ2) is 10.5. The van der Waals surface area contributed by atoms with Gasteiger partial charge in [0.25, 0.3) is 6.43 Å². The highest BCUT2D eigenvalue weighted by Gasteiger charge is 2.41. The number of aryl methyl sites for hydroxylation is 1. The molecule has 1 aliphatic heterocycles. The normalized spacial score (nSPS) is 18.1. The van der Waals surface area contributed by atoms with Gasteiger partial charge in [-0.25, -0.2) is 23.1 Å². The Morgan fingerprint density at radius 2 is 1.92 bits per heavy atom. The molecule has 1 aliphatic carbocycles. The number of piperidine rings is 1. The number of ether oxygens (including phenoxy) is 1. The monoisotopic (exact) mass is 527 g/mol. The average molecular weight is 528 g/mol. The topological polar surface area (TPSA) is 80.2 Å². The van der Waals surface area contributed by atoms with Crippen LogP contribution in [0.3, 0.4) is 0 Å². The highest BCUT2D eigenvalue weighted by atomic mass is 19.3. The number of aromatic nitrogens is 3. The zero-order valence-corrected chi connectivity index (χ0v) is 21.8. The molecule has 7 nitrogen and oxygen atoms in total. The van der Waals surface area contributed by atoms with Gasteiger partial charge in [-0.15, -0.1) is 0 Å². The molecular formula is C28H32F3N5O2. The van der Waals surface area contributed by atoms with E-state index < -0.39 is 29.4 Å². The Morgan fingerprint density at radius 3 is 2.58 bits per heavy atom. The summed E-state index contributed by atoms with van der Waals surface area (Å²) in [6.45, 7) is 6.82. The molecule has 202 valence electrons. The number of benzene rings is 1. The number of rotatable bonds is 8. The second-order valence-electron chi connectivity index (χ2n) is 10.4. The second-order valence-corrected chi connectivity index (χ2v) is 10.4. The van der Waals surface area contributed by atoms with Crippen molar-refractivity contribution in [2.45, 2.75) is 64.5 Å². The molecule has 2 fully saturated rings. The third-order valence-electron chi connectivity index (χ3n) is 7.58. The van der Waals surface area contributed by atoms with E-state index in [1.165, 1.54) is 12.1 Å². The fourth-order valence-corrected chi connectivity index (χ4v) is 5.08. The van der Waals surface area contributed by atoms with Crippen LogP contribution in [0, 0.1) is 18.7 Å². The molecule has 1 amide bonds. The van der Waals surface area contributed by atoms with Crippen LogP contribution in [-0.4, -0.2) is 45.5 Å². The molecule has 3 aromatic rings. The molecule has 0 bridgehead atoms. The maximum absolute atomic E-state index is 14.9. The van der Waals surface area contributed by atoms with Crippen LogP contribution in [0.4, 0.5) is 19.0 Å². The number of halogens is 3. The lowest BCUT2D eigenvalue weighted by atomic mass is 9.86. The van der Waals surface area contributed by atoms with Gasteiger partial charge in [-0.1, -0.05) is 18.2 Å². The minimum Gasteiger partial charge on any atom is -0.368 e. The van der Waals surface area contributed by atoms with Crippen LogP contribution in [0.2, 0.25) is 0 Å². The molecule has 5 rings (SSSR count). The van der Waals surface area contributed by atoms with Crippen LogP contribution < -0.4 is 5.32 Å². The number of pyridine rings is 1. The molecule has 1 saturated carbocycles. The smallest absolute Gasteiger partial charge is 0.266 e. The van der Waals surface area contributed by atoms with Crippen molar-refractivity contribution in [3.05, 3.63) is 58.9 Å². The number of nitrogens with one attached hydrogen (secondary N) is 1. The maximum atomic E-state index is 14.9. The molecular weight excluding hydrogens is 495 g/mol. The van der Waals surface area contributed by atoms with Crippen molar-refractivity contribution in [2.75, 3.05) is 25.0 Å². The lowest BCUT2D eigenvalue weighted by molar-refractivity contribution is -0.138. The Balaban J connectivity index is 1.50. The number of nitrogens with zero attached hydrogens (tertiary/aromatic N) is 4. The van der Waals surface area contributed by atoms with Crippen molar-refractivity contribution in [3.63, 3.8) is 0 Å². The highest BCUT2D eigenvalue weighted by Crippen LogP contribution is 2.40. The number of carbonyl (C=O) groups is 1. The Bertz CT molecular complexity index is 1340. The van der Waals surface area contributed by atoms with Gasteiger partial charge in [0.05, 0.1) is 35.6 Å². The summed E-state index contributed by atoms with van der Waals surface area (Å²) in [6, 6.07) is 5.29. The first kappa shape index (κ1) is 26.3. The number of carbonyl (C=O) groups excluding carboxylic acids is 1. The quantitative estimate of drug-likeness (QED) is 0.396. The van der Waals surface area contributed by atoms with E-state index in [-0.39, 0.29) is 11.5 Å². The molecule has 0 radical (unpaired) electrons. The molecule has 1 aromatic carbocycles. The standard InChI is InChI=1S/C28H32F3N5O2/c1-16(20-5-4-6-21(25(20)29)26(30)31)33-27-22-13-24(32-14-23(22)34-17(2)35-27)28(38-15-19-7-8-19)9-11-36(12-10-28)18(3)37/h4-6,13-14,16,19,26H,7-12,15H2,1-3H3,(H,33,34,35). The predicted molar refractivity (Wildman–Crippen MR) is 137 cm³/mol. The van der Waals surface area contributed by atoms with Crippen LogP contribution in [-0.2, 0) is 15.1 Å². The number of anilines is 1. The summed E-state index contributed by atoms with van der Waals surface area (Å²) >= 11 is 0. The van der Waals surface area contributed by atoms with Crippen molar-refractivity contribution in [2.24, 2.45) is 5.92 Å². The zero-order valence-electron chi connectivity index (χ0n) is 21.8. The number of fused-ring (bicyclic) bond motifs is 1. The average Bonchev–Trinajstić information content (AvgIpc) is 3.72. The minimum atomic E-state index is -2.90. The summed E-state index contributed by atoms with van der Waals surface area (Å²) in [6.07, 6.45) is 2.34. The number of hydrogen-bond acceptors (Lipinski definition) is 6. The number of likely N-dealkylation sites (tertiary alicyclic amines) is 1. The van der Waals surface area contributed by atoms with Gasteiger partial charge < -0.3 is 15.0 Å². The van der Waals surface area contributed by atoms with E-state index in [2.05, 4.69) is 15.3 Å². The van der Waals surface area contributed by atoms with E-state index in [1.54, 1.807) is 27.0 Å². The van der Waals surface area contributed by atoms with E-state index in [9.17, 15) is 18.0 Å². The molecule has 2 aliphatic rings. The van der Waals surface area contributed by atoms with E-state index in [0.717, 1.165) is 24.6 Å². The predicted octanol–water partition coefficient (Wildman–Crippen LogP) is 5.85. The number of amides is 1. The van der Waals surface area contributed by atoms with Crippen LogP contribution in [0.25, 0.3) is 10.9 Å². The maximum Gasteiger partial charge on any atom is 0.266 e. The zero-order chi connectivity index (χ0) is 27.0. The molecule has 3 heterocycles. The first-order chi connectivity index (χ1) is 18.2. The fourth-order valence-electron chi connectivity index (χ4n) is 5.08. The van der Waals surface area contributed by atoms with Gasteiger partial charge in [-0.3, -0.25) is 9.78 Å². The number of hydrogen-bond donors (Lipinski definition) is 1. The van der Waals surface area contributed by atoms with E-state index in [0.29, 0.717) is 61.0 Å². The molecule has 1 atom stereocenters. The van der Waals surface area contributed by atoms with Gasteiger partial charge in [0, 0.05) is 31.0 Å². The molecule has 10 heteroatoms. The van der Waals surface area contributed by atoms with Crippen molar-refractivity contribution in [1.82, 2.24) is 19.9 Å². The minimum absolute atomic E-state index is 0.0414. The molecule has 1 N–H and O–H groups in total. The van der Waals surface area contributed by atoms with Gasteiger partial charge in [0.2, 0.25) is 5.91 Å². The van der Waals surface area contributed by atoms with Crippen LogP contribution in [0.15, 0.2) is 30.5 Å². The van der Waals surface area contributed by atoms with Gasteiger partial charge in [-0.05, 0) is 51.5 Å². The van der Waals surface area contributed by atoms with Gasteiger partial charge in [0.15, 0.2) is 0 Å². The van der Waals surface area contributed by atoms with E-state index in [4.69, 9.17) is 9.72 Å². The lowest BCUT2D eigenvalue weighted by Gasteiger charge is -2.41. The summed E-state index contributed by atoms with van der Waals surface area (Å²) in [5, 5.41) is 3.90. The Labute approximate surface area is 219 Å². The van der Waals surface area contributed by atoms with Gasteiger partial charge >= 0.3 is 0 Å². The third-order valence-corrected chi connectivity index (χ3v) is 7.58. The van der Waals surface area contributed by atoms with E-state index >= 15 is 0 Å². The molecule has 1 saturated heterocycles. The number of alkyl halides is 2. The van der Waals surface area contributed by atoms with Crippen LogP contribution >= 0.6 is 0 Å². The van der Waals surface area contributed by atoms with Crippen molar-refractivity contribution < 1.29 is 22.7 Å². The summed E-state index contributed by atoms with van der Waals surface area (Å²) in [5.74, 6) is 0.632. The van der Waals surface area contributed by atoms with Gasteiger partial charge in [0.1, 0.15) is 23.1 Å². The SMILES string of the molecule is CC(=O)N1CCC(OCC2CC2)(c2cc3c(NC(C)c4cccc(C(F)F)c4F)nc(C)nc3cn2)CC1. The summed E-state index contributed by atoms with van der Waals surface area (Å²) < 4.78 is 48.0. The first-order valence-corrected chi connectivity index (χ1v) is 13.0. The largest absolute Gasteiger partial charge is 0.368 e. The fraction of sp³-hybridized carbons (Fsp3) is 0.500. The Kier molecular flexibility index (Phi) is 7.26. The summed E-state index contributed by atoms with van der Waals surface area (Å²) in [7, 11) is 0. The van der Waals surface area contributed by atoms with Crippen molar-refractivity contribution >= 4 is 22.6 Å². The van der Waals surface area contributed by atoms with Crippen molar-refractivity contribution in [1.29, 1.82) is 0 Å². The molecule has 2 aromatic heterocycles. The Hall–Kier alpha value is -3.27.